The first-order valence-corrected chi connectivity index (χ1v) is 7.81. The molecule has 1 aromatic rings. The van der Waals surface area contributed by atoms with Crippen molar-refractivity contribution in [1.29, 1.82) is 0 Å². The summed E-state index contributed by atoms with van der Waals surface area (Å²) in [7, 11) is 1.59. The zero-order valence-corrected chi connectivity index (χ0v) is 13.5. The fourth-order valence-electron chi connectivity index (χ4n) is 2.60. The Balaban J connectivity index is 1.79. The summed E-state index contributed by atoms with van der Waals surface area (Å²) in [5.74, 6) is 0.532. The number of carbonyl (C=O) groups excluding carboxylic acids is 2. The monoisotopic (exact) mass is 318 g/mol. The van der Waals surface area contributed by atoms with Crippen LogP contribution in [0.5, 0.6) is 11.5 Å². The van der Waals surface area contributed by atoms with E-state index < -0.39 is 0 Å². The first-order chi connectivity index (χ1) is 11.1. The van der Waals surface area contributed by atoms with Crippen molar-refractivity contribution in [2.24, 2.45) is 5.92 Å². The minimum atomic E-state index is -0.322. The van der Waals surface area contributed by atoms with E-state index in [9.17, 15) is 9.59 Å². The Morgan fingerprint density at radius 1 is 1.04 bits per heavy atom. The van der Waals surface area contributed by atoms with E-state index in [0.717, 1.165) is 0 Å². The lowest BCUT2D eigenvalue weighted by Crippen LogP contribution is -2.29. The molecule has 0 aromatic heterocycles. The molecule has 0 aliphatic heterocycles. The largest absolute Gasteiger partial charge is 0.497 e. The van der Waals surface area contributed by atoms with Crippen molar-refractivity contribution >= 4 is 11.9 Å². The van der Waals surface area contributed by atoms with Crippen LogP contribution in [0.1, 0.15) is 32.6 Å². The second kappa shape index (κ2) is 8.36. The Labute approximate surface area is 136 Å². The van der Waals surface area contributed by atoms with Crippen molar-refractivity contribution in [3.63, 3.8) is 0 Å². The minimum absolute atomic E-state index is 0.108. The van der Waals surface area contributed by atoms with Crippen LogP contribution in [0.4, 0.5) is 0 Å². The first kappa shape index (κ1) is 17.1. The summed E-state index contributed by atoms with van der Waals surface area (Å²) in [6.45, 7) is 1.77. The number of methoxy groups -OCH3 is 1. The molecule has 124 valence electrons. The predicted molar refractivity (Wildman–Crippen MR) is 85.3 cm³/mol. The van der Waals surface area contributed by atoms with Crippen LogP contribution in [0, 0.1) is 5.92 Å². The van der Waals surface area contributed by atoms with Crippen molar-refractivity contribution < 1.29 is 23.8 Å². The van der Waals surface area contributed by atoms with E-state index in [2.05, 4.69) is 0 Å². The van der Waals surface area contributed by atoms with Crippen molar-refractivity contribution in [3.8, 4) is 11.5 Å². The van der Waals surface area contributed by atoms with Crippen LogP contribution < -0.4 is 9.47 Å². The number of carbonyl (C=O) groups is 2. The van der Waals surface area contributed by atoms with Crippen LogP contribution in [0.15, 0.2) is 36.4 Å². The normalized spacial score (nSPS) is 21.0. The molecule has 5 heteroatoms. The SMILES string of the molecule is CC=CC(=O)OC1CCC(C(=O)Oc2ccc(OC)cc2)CC1. The van der Waals surface area contributed by atoms with E-state index in [0.29, 0.717) is 37.2 Å². The highest BCUT2D eigenvalue weighted by molar-refractivity contribution is 5.82. The van der Waals surface area contributed by atoms with E-state index in [-0.39, 0.29) is 24.0 Å². The number of benzene rings is 1. The van der Waals surface area contributed by atoms with Crippen LogP contribution in [0.2, 0.25) is 0 Å². The smallest absolute Gasteiger partial charge is 0.330 e. The van der Waals surface area contributed by atoms with Gasteiger partial charge in [0.25, 0.3) is 0 Å². The van der Waals surface area contributed by atoms with Crippen LogP contribution in [-0.2, 0) is 14.3 Å². The summed E-state index contributed by atoms with van der Waals surface area (Å²) in [6.07, 6.45) is 5.66. The molecule has 0 bridgehead atoms. The molecule has 0 saturated heterocycles. The van der Waals surface area contributed by atoms with Crippen LogP contribution >= 0.6 is 0 Å². The van der Waals surface area contributed by atoms with Gasteiger partial charge in [0.05, 0.1) is 13.0 Å². The number of esters is 2. The van der Waals surface area contributed by atoms with Crippen molar-refractivity contribution in [3.05, 3.63) is 36.4 Å². The molecule has 0 amide bonds. The van der Waals surface area contributed by atoms with Gasteiger partial charge in [-0.1, -0.05) is 6.08 Å². The third-order valence-corrected chi connectivity index (χ3v) is 3.87. The third kappa shape index (κ3) is 5.13. The number of allylic oxidation sites excluding steroid dienone is 1. The lowest BCUT2D eigenvalue weighted by molar-refractivity contribution is -0.147. The lowest BCUT2D eigenvalue weighted by Gasteiger charge is -2.26. The Bertz CT molecular complexity index is 553. The topological polar surface area (TPSA) is 61.8 Å². The molecular formula is C18H22O5. The second-order valence-corrected chi connectivity index (χ2v) is 5.51. The van der Waals surface area contributed by atoms with Gasteiger partial charge in [-0.3, -0.25) is 4.79 Å². The van der Waals surface area contributed by atoms with E-state index in [1.54, 1.807) is 44.4 Å². The molecule has 0 spiro atoms. The van der Waals surface area contributed by atoms with E-state index in [1.807, 2.05) is 0 Å². The average Bonchev–Trinajstić information content (AvgIpc) is 2.56. The van der Waals surface area contributed by atoms with E-state index in [1.165, 1.54) is 6.08 Å². The summed E-state index contributed by atoms with van der Waals surface area (Å²) in [6, 6.07) is 6.92. The summed E-state index contributed by atoms with van der Waals surface area (Å²) in [5, 5.41) is 0. The molecule has 5 nitrogen and oxygen atoms in total. The molecule has 23 heavy (non-hydrogen) atoms. The molecule has 0 N–H and O–H groups in total. The molecular weight excluding hydrogens is 296 g/mol. The maximum atomic E-state index is 12.2. The van der Waals surface area contributed by atoms with Gasteiger partial charge in [0, 0.05) is 6.08 Å². The second-order valence-electron chi connectivity index (χ2n) is 5.51. The van der Waals surface area contributed by atoms with Gasteiger partial charge in [-0.15, -0.1) is 0 Å². The highest BCUT2D eigenvalue weighted by Gasteiger charge is 2.29. The maximum absolute atomic E-state index is 12.2. The average molecular weight is 318 g/mol. The van der Waals surface area contributed by atoms with Crippen molar-refractivity contribution in [1.82, 2.24) is 0 Å². The Kier molecular flexibility index (Phi) is 6.20. The highest BCUT2D eigenvalue weighted by atomic mass is 16.5. The van der Waals surface area contributed by atoms with E-state index >= 15 is 0 Å². The predicted octanol–water partition coefficient (Wildman–Crippen LogP) is 3.28. The molecule has 2 rings (SSSR count). The van der Waals surface area contributed by atoms with Gasteiger partial charge in [-0.2, -0.15) is 0 Å². The van der Waals surface area contributed by atoms with Gasteiger partial charge in [-0.25, -0.2) is 4.79 Å². The van der Waals surface area contributed by atoms with Gasteiger partial charge in [0.1, 0.15) is 17.6 Å². The molecule has 1 fully saturated rings. The molecule has 1 aliphatic carbocycles. The highest BCUT2D eigenvalue weighted by Crippen LogP contribution is 2.28. The first-order valence-electron chi connectivity index (χ1n) is 7.81. The van der Waals surface area contributed by atoms with Crippen LogP contribution in [-0.4, -0.2) is 25.2 Å². The molecule has 0 radical (unpaired) electrons. The quantitative estimate of drug-likeness (QED) is 0.474. The summed E-state index contributed by atoms with van der Waals surface area (Å²) in [5.41, 5.74) is 0. The van der Waals surface area contributed by atoms with E-state index in [4.69, 9.17) is 14.2 Å². The summed E-state index contributed by atoms with van der Waals surface area (Å²) >= 11 is 0. The van der Waals surface area contributed by atoms with Crippen LogP contribution in [0.25, 0.3) is 0 Å². The maximum Gasteiger partial charge on any atom is 0.330 e. The standard InChI is InChI=1S/C18H22O5/c1-3-4-17(19)22-15-7-5-13(6-8-15)18(20)23-16-11-9-14(21-2)10-12-16/h3-4,9-13,15H,5-8H2,1-2H3. The van der Waals surface area contributed by atoms with Crippen LogP contribution in [0.3, 0.4) is 0 Å². The zero-order valence-electron chi connectivity index (χ0n) is 13.5. The van der Waals surface area contributed by atoms with Gasteiger partial charge in [0.2, 0.25) is 0 Å². The lowest BCUT2D eigenvalue weighted by atomic mass is 9.87. The Morgan fingerprint density at radius 2 is 1.65 bits per heavy atom. The van der Waals surface area contributed by atoms with Crippen molar-refractivity contribution in [2.75, 3.05) is 7.11 Å². The Hall–Kier alpha value is -2.30. The number of hydrogen-bond acceptors (Lipinski definition) is 5. The fourth-order valence-corrected chi connectivity index (χ4v) is 2.60. The molecule has 0 unspecified atom stereocenters. The molecule has 0 heterocycles. The Morgan fingerprint density at radius 3 is 2.22 bits per heavy atom. The zero-order chi connectivity index (χ0) is 16.7. The number of rotatable bonds is 5. The van der Waals surface area contributed by atoms with Gasteiger partial charge in [0.15, 0.2) is 0 Å². The summed E-state index contributed by atoms with van der Waals surface area (Å²) < 4.78 is 15.8. The number of hydrogen-bond donors (Lipinski definition) is 0. The molecule has 1 aliphatic rings. The number of ether oxygens (including phenoxy) is 3. The fraction of sp³-hybridized carbons (Fsp3) is 0.444. The summed E-state index contributed by atoms with van der Waals surface area (Å²) in [4.78, 5) is 23.6. The molecule has 1 aromatic carbocycles. The van der Waals surface area contributed by atoms with Gasteiger partial charge in [-0.05, 0) is 56.9 Å². The molecule has 0 atom stereocenters. The third-order valence-electron chi connectivity index (χ3n) is 3.87. The minimum Gasteiger partial charge on any atom is -0.497 e. The van der Waals surface area contributed by atoms with Gasteiger partial charge >= 0.3 is 11.9 Å². The van der Waals surface area contributed by atoms with Crippen molar-refractivity contribution in [2.45, 2.75) is 38.7 Å². The molecule has 1 saturated carbocycles. The van der Waals surface area contributed by atoms with Gasteiger partial charge < -0.3 is 14.2 Å².